The molecule has 94 valence electrons. The molecule has 5 heteroatoms. The Labute approximate surface area is 96.2 Å². The van der Waals surface area contributed by atoms with Crippen LogP contribution in [-0.2, 0) is 14.3 Å². The highest BCUT2D eigenvalue weighted by molar-refractivity contribution is 5.78. The second-order valence-electron chi connectivity index (χ2n) is 3.98. The number of carboxylic acids is 1. The number of amides is 1. The van der Waals surface area contributed by atoms with Crippen LogP contribution in [0.1, 0.15) is 40.0 Å². The predicted molar refractivity (Wildman–Crippen MR) is 60.2 cm³/mol. The molecule has 2 N–H and O–H groups in total. The Morgan fingerprint density at radius 3 is 2.44 bits per heavy atom. The van der Waals surface area contributed by atoms with Crippen LogP contribution in [-0.4, -0.2) is 35.7 Å². The monoisotopic (exact) mass is 231 g/mol. The van der Waals surface area contributed by atoms with Crippen LogP contribution in [0.4, 0.5) is 0 Å². The van der Waals surface area contributed by atoms with Crippen LogP contribution in [0.5, 0.6) is 0 Å². The molecule has 0 aromatic rings. The van der Waals surface area contributed by atoms with Crippen LogP contribution >= 0.6 is 0 Å². The summed E-state index contributed by atoms with van der Waals surface area (Å²) in [6, 6.07) is 0. The Morgan fingerprint density at radius 2 is 2.00 bits per heavy atom. The van der Waals surface area contributed by atoms with Crippen LogP contribution in [0.2, 0.25) is 0 Å². The average molecular weight is 231 g/mol. The molecule has 0 spiro atoms. The first kappa shape index (κ1) is 14.9. The number of rotatable bonds is 8. The number of carboxylic acid groups (broad SMARTS) is 1. The zero-order valence-corrected chi connectivity index (χ0v) is 10.2. The van der Waals surface area contributed by atoms with Gasteiger partial charge in [0.15, 0.2) is 0 Å². The lowest BCUT2D eigenvalue weighted by atomic mass is 9.94. The van der Waals surface area contributed by atoms with Crippen molar-refractivity contribution in [2.75, 3.05) is 13.2 Å². The van der Waals surface area contributed by atoms with Crippen LogP contribution < -0.4 is 5.32 Å². The second kappa shape index (κ2) is 7.22. The van der Waals surface area contributed by atoms with Crippen LogP contribution in [0.3, 0.4) is 0 Å². The molecule has 0 saturated heterocycles. The molecule has 0 fully saturated rings. The van der Waals surface area contributed by atoms with E-state index < -0.39 is 11.5 Å². The highest BCUT2D eigenvalue weighted by atomic mass is 16.5. The van der Waals surface area contributed by atoms with Gasteiger partial charge in [-0.2, -0.15) is 0 Å². The molecule has 0 aliphatic carbocycles. The number of hydrogen-bond donors (Lipinski definition) is 2. The maximum atomic E-state index is 11.5. The normalized spacial score (nSPS) is 14.2. The molecule has 0 aromatic heterocycles. The molecule has 16 heavy (non-hydrogen) atoms. The highest BCUT2D eigenvalue weighted by Crippen LogP contribution is 2.14. The Balaban J connectivity index is 4.09. The standard InChI is InChI=1S/C11H21NO4/c1-4-11(3,8-10(14)15)12-9(13)6-7-16-5-2/h4-8H2,1-3H3,(H,12,13)(H,14,15). The molecule has 0 bridgehead atoms. The van der Waals surface area contributed by atoms with E-state index in [1.54, 1.807) is 6.92 Å². The maximum absolute atomic E-state index is 11.5. The van der Waals surface area contributed by atoms with Gasteiger partial charge in [-0.3, -0.25) is 9.59 Å². The van der Waals surface area contributed by atoms with Gasteiger partial charge in [-0.1, -0.05) is 6.92 Å². The summed E-state index contributed by atoms with van der Waals surface area (Å²) in [5, 5.41) is 11.5. The van der Waals surface area contributed by atoms with E-state index in [9.17, 15) is 9.59 Å². The predicted octanol–water partition coefficient (Wildman–Crippen LogP) is 1.17. The van der Waals surface area contributed by atoms with Crippen molar-refractivity contribution < 1.29 is 19.4 Å². The Morgan fingerprint density at radius 1 is 1.38 bits per heavy atom. The van der Waals surface area contributed by atoms with Crippen molar-refractivity contribution in [2.24, 2.45) is 0 Å². The van der Waals surface area contributed by atoms with Gasteiger partial charge in [-0.05, 0) is 20.3 Å². The molecule has 5 nitrogen and oxygen atoms in total. The number of carbonyl (C=O) groups excluding carboxylic acids is 1. The summed E-state index contributed by atoms with van der Waals surface area (Å²) in [7, 11) is 0. The molecule has 0 aliphatic heterocycles. The third kappa shape index (κ3) is 6.40. The molecule has 1 atom stereocenters. The third-order valence-corrected chi connectivity index (χ3v) is 2.44. The van der Waals surface area contributed by atoms with Crippen molar-refractivity contribution in [3.63, 3.8) is 0 Å². The van der Waals surface area contributed by atoms with Gasteiger partial charge in [0.2, 0.25) is 5.91 Å². The molecule has 0 aliphatic rings. The van der Waals surface area contributed by atoms with Crippen molar-refractivity contribution in [2.45, 2.75) is 45.6 Å². The lowest BCUT2D eigenvalue weighted by molar-refractivity contribution is -0.139. The number of ether oxygens (including phenoxy) is 1. The Bertz CT molecular complexity index is 242. The van der Waals surface area contributed by atoms with E-state index in [2.05, 4.69) is 5.32 Å². The van der Waals surface area contributed by atoms with Gasteiger partial charge in [-0.25, -0.2) is 0 Å². The van der Waals surface area contributed by atoms with Gasteiger partial charge in [0.25, 0.3) is 0 Å². The highest BCUT2D eigenvalue weighted by Gasteiger charge is 2.27. The molecular formula is C11H21NO4. The number of carbonyl (C=O) groups is 2. The molecule has 1 amide bonds. The molecule has 0 heterocycles. The lowest BCUT2D eigenvalue weighted by Crippen LogP contribution is -2.47. The molecular weight excluding hydrogens is 210 g/mol. The first-order valence-electron chi connectivity index (χ1n) is 5.54. The van der Waals surface area contributed by atoms with Crippen LogP contribution in [0.15, 0.2) is 0 Å². The quantitative estimate of drug-likeness (QED) is 0.615. The topological polar surface area (TPSA) is 75.6 Å². The lowest BCUT2D eigenvalue weighted by Gasteiger charge is -2.27. The molecule has 0 radical (unpaired) electrons. The molecule has 0 rings (SSSR count). The SMILES string of the molecule is CCOCCC(=O)NC(C)(CC)CC(=O)O. The average Bonchev–Trinajstić information content (AvgIpc) is 2.16. The third-order valence-electron chi connectivity index (χ3n) is 2.44. The largest absolute Gasteiger partial charge is 0.481 e. The van der Waals surface area contributed by atoms with Gasteiger partial charge in [0.1, 0.15) is 0 Å². The van der Waals surface area contributed by atoms with Crippen molar-refractivity contribution in [3.05, 3.63) is 0 Å². The molecule has 1 unspecified atom stereocenters. The van der Waals surface area contributed by atoms with E-state index in [4.69, 9.17) is 9.84 Å². The first-order valence-corrected chi connectivity index (χ1v) is 5.54. The van der Waals surface area contributed by atoms with Crippen molar-refractivity contribution in [3.8, 4) is 0 Å². The summed E-state index contributed by atoms with van der Waals surface area (Å²) in [5.41, 5.74) is -0.671. The van der Waals surface area contributed by atoms with Crippen LogP contribution in [0.25, 0.3) is 0 Å². The van der Waals surface area contributed by atoms with E-state index in [1.807, 2.05) is 13.8 Å². The summed E-state index contributed by atoms with van der Waals surface area (Å²) in [6.45, 7) is 6.40. The number of hydrogen-bond acceptors (Lipinski definition) is 3. The summed E-state index contributed by atoms with van der Waals surface area (Å²) < 4.78 is 5.06. The van der Waals surface area contributed by atoms with Gasteiger partial charge < -0.3 is 15.2 Å². The Kier molecular flexibility index (Phi) is 6.72. The minimum atomic E-state index is -0.908. The smallest absolute Gasteiger partial charge is 0.305 e. The van der Waals surface area contributed by atoms with E-state index in [0.717, 1.165) is 0 Å². The zero-order valence-electron chi connectivity index (χ0n) is 10.2. The van der Waals surface area contributed by atoms with E-state index in [1.165, 1.54) is 0 Å². The number of nitrogens with one attached hydrogen (secondary N) is 1. The van der Waals surface area contributed by atoms with E-state index >= 15 is 0 Å². The fraction of sp³-hybridized carbons (Fsp3) is 0.818. The molecule has 0 saturated carbocycles. The minimum Gasteiger partial charge on any atom is -0.481 e. The number of aliphatic carboxylic acids is 1. The van der Waals surface area contributed by atoms with Crippen molar-refractivity contribution in [1.82, 2.24) is 5.32 Å². The summed E-state index contributed by atoms with van der Waals surface area (Å²) in [6.07, 6.45) is 0.784. The molecule has 0 aromatic carbocycles. The minimum absolute atomic E-state index is 0.0656. The summed E-state index contributed by atoms with van der Waals surface area (Å²) >= 11 is 0. The van der Waals surface area contributed by atoms with Crippen molar-refractivity contribution >= 4 is 11.9 Å². The van der Waals surface area contributed by atoms with Crippen molar-refractivity contribution in [1.29, 1.82) is 0 Å². The Hall–Kier alpha value is -1.10. The van der Waals surface area contributed by atoms with Gasteiger partial charge in [-0.15, -0.1) is 0 Å². The van der Waals surface area contributed by atoms with Gasteiger partial charge >= 0.3 is 5.97 Å². The van der Waals surface area contributed by atoms with E-state index in [0.29, 0.717) is 19.6 Å². The first-order chi connectivity index (χ1) is 7.43. The fourth-order valence-corrected chi connectivity index (χ4v) is 1.30. The summed E-state index contributed by atoms with van der Waals surface area (Å²) in [5.74, 6) is -1.08. The van der Waals surface area contributed by atoms with Crippen LogP contribution in [0, 0.1) is 0 Å². The summed E-state index contributed by atoms with van der Waals surface area (Å²) in [4.78, 5) is 22.1. The van der Waals surface area contributed by atoms with Gasteiger partial charge in [0.05, 0.1) is 13.0 Å². The van der Waals surface area contributed by atoms with E-state index in [-0.39, 0.29) is 18.7 Å². The maximum Gasteiger partial charge on any atom is 0.305 e. The fourth-order valence-electron chi connectivity index (χ4n) is 1.30. The second-order valence-corrected chi connectivity index (χ2v) is 3.98. The zero-order chi connectivity index (χ0) is 12.6. The van der Waals surface area contributed by atoms with Gasteiger partial charge in [0, 0.05) is 18.6 Å².